The highest BCUT2D eigenvalue weighted by Gasteiger charge is 2.13. The molecule has 0 aromatic carbocycles. The Bertz CT molecular complexity index is 319. The van der Waals surface area contributed by atoms with E-state index in [1.165, 1.54) is 58.2 Å². The number of nitrogens with one attached hydrogen (secondary N) is 2. The molecule has 0 radical (unpaired) electrons. The van der Waals surface area contributed by atoms with Crippen molar-refractivity contribution in [3.8, 4) is 0 Å². The van der Waals surface area contributed by atoms with E-state index in [4.69, 9.17) is 0 Å². The van der Waals surface area contributed by atoms with E-state index in [-0.39, 0.29) is 24.0 Å². The molecule has 1 unspecified atom stereocenters. The molecule has 1 saturated heterocycles. The average molecular weight is 438 g/mol. The lowest BCUT2D eigenvalue weighted by atomic mass is 9.89. The van der Waals surface area contributed by atoms with Crippen molar-refractivity contribution < 1.29 is 0 Å². The van der Waals surface area contributed by atoms with Gasteiger partial charge >= 0.3 is 0 Å². The lowest BCUT2D eigenvalue weighted by Crippen LogP contribution is -2.42. The summed E-state index contributed by atoms with van der Waals surface area (Å²) in [5, 5.41) is 6.94. The molecule has 0 bridgehead atoms. The van der Waals surface area contributed by atoms with E-state index in [9.17, 15) is 0 Å². The maximum atomic E-state index is 4.33. The molecule has 0 spiro atoms. The highest BCUT2D eigenvalue weighted by atomic mass is 127. The van der Waals surface area contributed by atoms with Crippen LogP contribution in [-0.4, -0.2) is 50.1 Å². The van der Waals surface area contributed by atoms with E-state index in [0.717, 1.165) is 12.5 Å². The summed E-state index contributed by atoms with van der Waals surface area (Å²) in [5.74, 6) is 0.947. The summed E-state index contributed by atoms with van der Waals surface area (Å²) in [6.45, 7) is 14.0. The Hall–Kier alpha value is -0.0400. The molecule has 4 nitrogen and oxygen atoms in total. The lowest BCUT2D eigenvalue weighted by Gasteiger charge is -2.23. The number of aliphatic imine (C=N–C) groups is 1. The third-order valence-corrected chi connectivity index (χ3v) is 4.33. The van der Waals surface area contributed by atoms with Gasteiger partial charge in [0.25, 0.3) is 0 Å². The average Bonchev–Trinajstić information content (AvgIpc) is 2.96. The normalized spacial score (nSPS) is 17.7. The zero-order valence-electron chi connectivity index (χ0n) is 16.0. The van der Waals surface area contributed by atoms with Crippen LogP contribution in [0.1, 0.15) is 66.2 Å². The van der Waals surface area contributed by atoms with Crippen LogP contribution in [0.3, 0.4) is 0 Å². The van der Waals surface area contributed by atoms with Crippen LogP contribution in [0.15, 0.2) is 4.99 Å². The number of likely N-dealkylation sites (tertiary alicyclic amines) is 1. The zero-order chi connectivity index (χ0) is 16.4. The SMILES string of the molecule is CN=C(NCCCCN1CCCC1)NC(C)CCC(C)(C)C.I. The maximum absolute atomic E-state index is 4.33. The van der Waals surface area contributed by atoms with Crippen LogP contribution in [0.5, 0.6) is 0 Å². The summed E-state index contributed by atoms with van der Waals surface area (Å²) in [6, 6.07) is 0.468. The quantitative estimate of drug-likeness (QED) is 0.262. The molecule has 1 atom stereocenters. The number of rotatable bonds is 8. The van der Waals surface area contributed by atoms with Gasteiger partial charge in [-0.05, 0) is 70.5 Å². The topological polar surface area (TPSA) is 39.7 Å². The molecule has 0 aromatic rings. The number of unbranched alkanes of at least 4 members (excludes halogenated alkanes) is 1. The highest BCUT2D eigenvalue weighted by molar-refractivity contribution is 14.0. The van der Waals surface area contributed by atoms with Crippen molar-refractivity contribution >= 4 is 29.9 Å². The number of guanidine groups is 1. The van der Waals surface area contributed by atoms with E-state index in [1.54, 1.807) is 0 Å². The van der Waals surface area contributed by atoms with Gasteiger partial charge in [0.05, 0.1) is 0 Å². The van der Waals surface area contributed by atoms with Crippen molar-refractivity contribution in [2.24, 2.45) is 10.4 Å². The summed E-state index contributed by atoms with van der Waals surface area (Å²) in [4.78, 5) is 6.92. The molecule has 1 heterocycles. The minimum Gasteiger partial charge on any atom is -0.356 e. The van der Waals surface area contributed by atoms with Crippen LogP contribution in [-0.2, 0) is 0 Å². The minimum atomic E-state index is 0. The van der Waals surface area contributed by atoms with E-state index >= 15 is 0 Å². The Labute approximate surface area is 161 Å². The van der Waals surface area contributed by atoms with Crippen molar-refractivity contribution in [1.82, 2.24) is 15.5 Å². The molecular weight excluding hydrogens is 399 g/mol. The third kappa shape index (κ3) is 12.0. The number of nitrogens with zero attached hydrogens (tertiary/aromatic N) is 2. The highest BCUT2D eigenvalue weighted by Crippen LogP contribution is 2.21. The molecule has 0 amide bonds. The Morgan fingerprint density at radius 2 is 1.83 bits per heavy atom. The summed E-state index contributed by atoms with van der Waals surface area (Å²) in [6.07, 6.45) is 7.69. The fourth-order valence-electron chi connectivity index (χ4n) is 2.82. The predicted octanol–water partition coefficient (Wildman–Crippen LogP) is 3.86. The van der Waals surface area contributed by atoms with Crippen molar-refractivity contribution in [3.05, 3.63) is 0 Å². The second kappa shape index (κ2) is 12.3. The summed E-state index contributed by atoms with van der Waals surface area (Å²) >= 11 is 0. The van der Waals surface area contributed by atoms with Crippen LogP contribution >= 0.6 is 24.0 Å². The van der Waals surface area contributed by atoms with Gasteiger partial charge in [0.1, 0.15) is 0 Å². The first kappa shape index (κ1) is 23.0. The second-order valence-electron chi connectivity index (χ2n) is 7.90. The Morgan fingerprint density at radius 1 is 1.17 bits per heavy atom. The fourth-order valence-corrected chi connectivity index (χ4v) is 2.82. The zero-order valence-corrected chi connectivity index (χ0v) is 18.3. The van der Waals surface area contributed by atoms with E-state index in [1.807, 2.05) is 7.05 Å². The molecule has 1 fully saturated rings. The maximum Gasteiger partial charge on any atom is 0.191 e. The van der Waals surface area contributed by atoms with Gasteiger partial charge in [-0.25, -0.2) is 0 Å². The van der Waals surface area contributed by atoms with Crippen LogP contribution in [0.4, 0.5) is 0 Å². The van der Waals surface area contributed by atoms with Gasteiger partial charge in [-0.1, -0.05) is 20.8 Å². The summed E-state index contributed by atoms with van der Waals surface area (Å²) in [5.41, 5.74) is 0.405. The number of halogens is 1. The van der Waals surface area contributed by atoms with Gasteiger partial charge in [0, 0.05) is 19.6 Å². The molecular formula is C18H39IN4. The standard InChI is InChI=1S/C18H38N4.HI/c1-16(10-11-18(2,3)4)21-17(19-5)20-12-6-7-13-22-14-8-9-15-22;/h16H,6-15H2,1-5H3,(H2,19,20,21);1H. The minimum absolute atomic E-state index is 0. The molecule has 1 rings (SSSR count). The van der Waals surface area contributed by atoms with Crippen LogP contribution in [0.2, 0.25) is 0 Å². The molecule has 5 heteroatoms. The van der Waals surface area contributed by atoms with Crippen LogP contribution in [0, 0.1) is 5.41 Å². The van der Waals surface area contributed by atoms with Gasteiger partial charge in [0.15, 0.2) is 5.96 Å². The number of hydrogen-bond donors (Lipinski definition) is 2. The summed E-state index contributed by atoms with van der Waals surface area (Å²) < 4.78 is 0. The van der Waals surface area contributed by atoms with E-state index in [0.29, 0.717) is 11.5 Å². The molecule has 1 aliphatic rings. The first-order valence-corrected chi connectivity index (χ1v) is 9.10. The molecule has 0 aliphatic carbocycles. The van der Waals surface area contributed by atoms with Crippen LogP contribution in [0.25, 0.3) is 0 Å². The smallest absolute Gasteiger partial charge is 0.191 e. The van der Waals surface area contributed by atoms with Gasteiger partial charge in [-0.2, -0.15) is 0 Å². The molecule has 138 valence electrons. The molecule has 0 aromatic heterocycles. The van der Waals surface area contributed by atoms with Gasteiger partial charge in [0.2, 0.25) is 0 Å². The Kier molecular flexibility index (Phi) is 12.3. The Balaban J connectivity index is 0.00000484. The first-order chi connectivity index (χ1) is 10.4. The van der Waals surface area contributed by atoms with Gasteiger partial charge < -0.3 is 15.5 Å². The van der Waals surface area contributed by atoms with E-state index < -0.39 is 0 Å². The van der Waals surface area contributed by atoms with Crippen molar-refractivity contribution in [2.75, 3.05) is 33.2 Å². The molecule has 2 N–H and O–H groups in total. The monoisotopic (exact) mass is 438 g/mol. The second-order valence-corrected chi connectivity index (χ2v) is 7.90. The fraction of sp³-hybridized carbons (Fsp3) is 0.944. The van der Waals surface area contributed by atoms with Crippen molar-refractivity contribution in [1.29, 1.82) is 0 Å². The largest absolute Gasteiger partial charge is 0.356 e. The number of hydrogen-bond acceptors (Lipinski definition) is 2. The van der Waals surface area contributed by atoms with Gasteiger partial charge in [-0.3, -0.25) is 4.99 Å². The third-order valence-electron chi connectivity index (χ3n) is 4.33. The Morgan fingerprint density at radius 3 is 2.39 bits per heavy atom. The lowest BCUT2D eigenvalue weighted by molar-refractivity contribution is 0.330. The van der Waals surface area contributed by atoms with Crippen LogP contribution < -0.4 is 10.6 Å². The van der Waals surface area contributed by atoms with E-state index in [2.05, 4.69) is 48.2 Å². The molecule has 23 heavy (non-hydrogen) atoms. The van der Waals surface area contributed by atoms with Gasteiger partial charge in [-0.15, -0.1) is 24.0 Å². The predicted molar refractivity (Wildman–Crippen MR) is 113 cm³/mol. The summed E-state index contributed by atoms with van der Waals surface area (Å²) in [7, 11) is 1.86. The molecule has 1 aliphatic heterocycles. The first-order valence-electron chi connectivity index (χ1n) is 9.10. The van der Waals surface area contributed by atoms with Crippen molar-refractivity contribution in [3.63, 3.8) is 0 Å². The van der Waals surface area contributed by atoms with Crippen molar-refractivity contribution in [2.45, 2.75) is 72.3 Å². The molecule has 0 saturated carbocycles.